The van der Waals surface area contributed by atoms with Crippen molar-refractivity contribution < 1.29 is 4.57 Å². The first-order valence-corrected chi connectivity index (χ1v) is 9.56. The monoisotopic (exact) mass is 386 g/mol. The predicted octanol–water partition coefficient (Wildman–Crippen LogP) is 3.51. The summed E-state index contributed by atoms with van der Waals surface area (Å²) in [6, 6.07) is 20.7. The average molecular weight is 387 g/mol. The minimum atomic E-state index is 0.845. The Hall–Kier alpha value is -3.47. The first-order chi connectivity index (χ1) is 13.9. The Bertz CT molecular complexity index is 947. The third-order valence-electron chi connectivity index (χ3n) is 4.64. The lowest BCUT2D eigenvalue weighted by Gasteiger charge is -2.15. The molecule has 0 atom stereocenters. The molecule has 5 heteroatoms. The zero-order valence-corrected chi connectivity index (χ0v) is 17.7. The van der Waals surface area contributed by atoms with Crippen LogP contribution in [-0.4, -0.2) is 40.1 Å². The second-order valence-corrected chi connectivity index (χ2v) is 7.38. The molecule has 0 unspecified atom stereocenters. The molecule has 0 saturated heterocycles. The Morgan fingerprint density at radius 1 is 0.793 bits per heavy atom. The van der Waals surface area contributed by atoms with Crippen molar-refractivity contribution in [2.45, 2.75) is 0 Å². The number of benzene rings is 2. The Labute approximate surface area is 173 Å². The molecule has 0 N–H and O–H groups in total. The zero-order valence-electron chi connectivity index (χ0n) is 17.7. The second-order valence-electron chi connectivity index (χ2n) is 7.38. The summed E-state index contributed by atoms with van der Waals surface area (Å²) < 4.78 is 1.99. The lowest BCUT2D eigenvalue weighted by molar-refractivity contribution is -0.671. The van der Waals surface area contributed by atoms with E-state index < -0.39 is 0 Å². The van der Waals surface area contributed by atoms with E-state index in [1.54, 1.807) is 6.21 Å². The molecule has 1 aromatic heterocycles. The highest BCUT2D eigenvalue weighted by Gasteiger charge is 2.09. The van der Waals surface area contributed by atoms with Gasteiger partial charge in [0.2, 0.25) is 0 Å². The molecule has 0 bridgehead atoms. The minimum Gasteiger partial charge on any atom is -0.378 e. The maximum atomic E-state index is 4.59. The maximum absolute atomic E-state index is 4.59. The molecular formula is C24H28N5+. The van der Waals surface area contributed by atoms with Gasteiger partial charge in [-0.15, -0.1) is 5.10 Å². The van der Waals surface area contributed by atoms with Gasteiger partial charge in [0, 0.05) is 56.8 Å². The molecule has 0 spiro atoms. The maximum Gasteiger partial charge on any atom is 0.177 e. The van der Waals surface area contributed by atoms with Crippen LogP contribution in [0, 0.1) is 0 Å². The van der Waals surface area contributed by atoms with Crippen molar-refractivity contribution in [2.24, 2.45) is 17.3 Å². The number of aryl methyl sites for hydroxylation is 1. The first kappa shape index (κ1) is 20.3. The Morgan fingerprint density at radius 2 is 1.31 bits per heavy atom. The normalized spacial score (nSPS) is 10.8. The van der Waals surface area contributed by atoms with E-state index in [-0.39, 0.29) is 0 Å². The zero-order chi connectivity index (χ0) is 20.8. The summed E-state index contributed by atoms with van der Waals surface area (Å²) in [5, 5.41) is 8.97. The number of hydrogen-bond acceptors (Lipinski definition) is 4. The Balaban J connectivity index is 1.98. The van der Waals surface area contributed by atoms with Crippen LogP contribution >= 0.6 is 0 Å². The molecule has 0 fully saturated rings. The fraction of sp³-hybridized carbons (Fsp3) is 0.208. The number of pyridine rings is 1. The van der Waals surface area contributed by atoms with Crippen LogP contribution in [0.1, 0.15) is 16.7 Å². The van der Waals surface area contributed by atoms with Crippen LogP contribution in [0.3, 0.4) is 0 Å². The van der Waals surface area contributed by atoms with Crippen molar-refractivity contribution in [2.75, 3.05) is 38.0 Å². The lowest BCUT2D eigenvalue weighted by Crippen LogP contribution is -2.26. The van der Waals surface area contributed by atoms with Crippen molar-refractivity contribution in [3.63, 3.8) is 0 Å². The van der Waals surface area contributed by atoms with Gasteiger partial charge in [-0.25, -0.2) is 4.57 Å². The van der Waals surface area contributed by atoms with E-state index in [2.05, 4.69) is 68.5 Å². The summed E-state index contributed by atoms with van der Waals surface area (Å²) in [4.78, 5) is 4.17. The van der Waals surface area contributed by atoms with E-state index >= 15 is 0 Å². The van der Waals surface area contributed by atoms with E-state index in [1.807, 2.05) is 64.3 Å². The molecule has 0 aliphatic heterocycles. The summed E-state index contributed by atoms with van der Waals surface area (Å²) in [7, 11) is 10.1. The second kappa shape index (κ2) is 9.15. The number of hydrogen-bond donors (Lipinski definition) is 0. The highest BCUT2D eigenvalue weighted by molar-refractivity contribution is 6.13. The third kappa shape index (κ3) is 5.29. The van der Waals surface area contributed by atoms with E-state index in [4.69, 9.17) is 0 Å². The molecule has 2 aromatic carbocycles. The quantitative estimate of drug-likeness (QED) is 0.369. The van der Waals surface area contributed by atoms with Crippen molar-refractivity contribution >= 4 is 23.3 Å². The van der Waals surface area contributed by atoms with Crippen LogP contribution in [0.25, 0.3) is 0 Å². The van der Waals surface area contributed by atoms with Crippen LogP contribution in [0.2, 0.25) is 0 Å². The van der Waals surface area contributed by atoms with Gasteiger partial charge in [-0.05, 0) is 30.3 Å². The number of nitrogens with zero attached hydrogens (tertiary/aromatic N) is 5. The number of aromatic nitrogens is 1. The standard InChI is InChI=1S/C24H28N5/c1-27(2)22-12-8-20(9-13-22)24(21-10-14-23(15-11-21)28(3)4)26-25-17-19-7-6-16-29(5)18-19/h6-18H,1-5H3/q+1/b25-17+. The van der Waals surface area contributed by atoms with Crippen LogP contribution in [-0.2, 0) is 7.05 Å². The van der Waals surface area contributed by atoms with Crippen LogP contribution < -0.4 is 14.4 Å². The van der Waals surface area contributed by atoms with Gasteiger partial charge in [0.1, 0.15) is 12.8 Å². The van der Waals surface area contributed by atoms with Gasteiger partial charge in [0.25, 0.3) is 0 Å². The first-order valence-electron chi connectivity index (χ1n) is 9.56. The molecule has 3 rings (SSSR count). The molecule has 1 heterocycles. The largest absolute Gasteiger partial charge is 0.378 e. The minimum absolute atomic E-state index is 0.845. The van der Waals surface area contributed by atoms with Crippen molar-refractivity contribution in [1.82, 2.24) is 0 Å². The van der Waals surface area contributed by atoms with Crippen molar-refractivity contribution in [3.8, 4) is 0 Å². The summed E-state index contributed by atoms with van der Waals surface area (Å²) in [5.74, 6) is 0. The Morgan fingerprint density at radius 3 is 1.76 bits per heavy atom. The summed E-state index contributed by atoms with van der Waals surface area (Å²) in [5.41, 5.74) is 6.21. The molecule has 3 aromatic rings. The molecule has 0 saturated carbocycles. The smallest absolute Gasteiger partial charge is 0.177 e. The molecule has 148 valence electrons. The van der Waals surface area contributed by atoms with Gasteiger partial charge in [-0.1, -0.05) is 24.3 Å². The van der Waals surface area contributed by atoms with E-state index in [0.717, 1.165) is 33.8 Å². The van der Waals surface area contributed by atoms with Crippen LogP contribution in [0.15, 0.2) is 83.3 Å². The van der Waals surface area contributed by atoms with Gasteiger partial charge in [-0.2, -0.15) is 5.10 Å². The topological polar surface area (TPSA) is 35.1 Å². The van der Waals surface area contributed by atoms with Crippen LogP contribution in [0.4, 0.5) is 11.4 Å². The van der Waals surface area contributed by atoms with E-state index in [9.17, 15) is 0 Å². The fourth-order valence-electron chi connectivity index (χ4n) is 2.96. The number of anilines is 2. The molecule has 0 aliphatic rings. The molecule has 0 aliphatic carbocycles. The van der Waals surface area contributed by atoms with Gasteiger partial charge in [0.15, 0.2) is 12.4 Å². The average Bonchev–Trinajstić information content (AvgIpc) is 2.71. The van der Waals surface area contributed by atoms with Gasteiger partial charge < -0.3 is 9.80 Å². The van der Waals surface area contributed by atoms with Gasteiger partial charge in [-0.3, -0.25) is 0 Å². The number of rotatable bonds is 6. The summed E-state index contributed by atoms with van der Waals surface area (Å²) >= 11 is 0. The van der Waals surface area contributed by atoms with E-state index in [0.29, 0.717) is 0 Å². The summed E-state index contributed by atoms with van der Waals surface area (Å²) in [6.07, 6.45) is 5.78. The van der Waals surface area contributed by atoms with Gasteiger partial charge in [0.05, 0.1) is 11.8 Å². The third-order valence-corrected chi connectivity index (χ3v) is 4.64. The molecule has 0 radical (unpaired) electrons. The Kier molecular flexibility index (Phi) is 6.39. The molecular weight excluding hydrogens is 358 g/mol. The lowest BCUT2D eigenvalue weighted by atomic mass is 10.0. The SMILES string of the molecule is CN(C)c1ccc(C(=N/N=C/c2ccc[n+](C)c2)c2ccc(N(C)C)cc2)cc1. The van der Waals surface area contributed by atoms with E-state index in [1.165, 1.54) is 0 Å². The molecule has 5 nitrogen and oxygen atoms in total. The van der Waals surface area contributed by atoms with Crippen molar-refractivity contribution in [3.05, 3.63) is 89.7 Å². The fourth-order valence-corrected chi connectivity index (χ4v) is 2.96. The van der Waals surface area contributed by atoms with Crippen molar-refractivity contribution in [1.29, 1.82) is 0 Å². The van der Waals surface area contributed by atoms with Crippen LogP contribution in [0.5, 0.6) is 0 Å². The highest BCUT2D eigenvalue weighted by atomic mass is 15.2. The van der Waals surface area contributed by atoms with Gasteiger partial charge >= 0.3 is 0 Å². The predicted molar refractivity (Wildman–Crippen MR) is 122 cm³/mol. The highest BCUT2D eigenvalue weighted by Crippen LogP contribution is 2.19. The summed E-state index contributed by atoms with van der Waals surface area (Å²) in [6.45, 7) is 0. The molecule has 29 heavy (non-hydrogen) atoms. The molecule has 0 amide bonds.